The summed E-state index contributed by atoms with van der Waals surface area (Å²) in [7, 11) is 0. The van der Waals surface area contributed by atoms with Gasteiger partial charge in [-0.15, -0.1) is 5.10 Å². The van der Waals surface area contributed by atoms with Gasteiger partial charge in [0.2, 0.25) is 5.95 Å². The van der Waals surface area contributed by atoms with Crippen LogP contribution in [0.4, 0.5) is 10.7 Å². The second-order valence-electron chi connectivity index (χ2n) is 7.88. The van der Waals surface area contributed by atoms with Gasteiger partial charge < -0.3 is 15.0 Å². The van der Waals surface area contributed by atoms with Crippen molar-refractivity contribution in [2.24, 2.45) is 0 Å². The Morgan fingerprint density at radius 3 is 2.54 bits per heavy atom. The third-order valence-corrected chi connectivity index (χ3v) is 4.92. The molecule has 2 aromatic rings. The van der Waals surface area contributed by atoms with Gasteiger partial charge in [0.15, 0.2) is 0 Å². The molecule has 1 fully saturated rings. The Hall–Kier alpha value is -1.99. The molecule has 0 spiro atoms. The summed E-state index contributed by atoms with van der Waals surface area (Å²) in [5.74, 6) is 1.26. The van der Waals surface area contributed by atoms with Crippen molar-refractivity contribution in [1.82, 2.24) is 19.7 Å². The van der Waals surface area contributed by atoms with Gasteiger partial charge in [0, 0.05) is 24.2 Å². The third-order valence-electron chi connectivity index (χ3n) is 4.39. The molecular formula is C19H25Cl2N5O2. The number of nitrogens with zero attached hydrogens (tertiary/aromatic N) is 4. The average Bonchev–Trinajstić information content (AvgIpc) is 2.94. The highest BCUT2D eigenvalue weighted by Gasteiger charge is 2.27. The molecular weight excluding hydrogens is 401 g/mol. The first-order valence-electron chi connectivity index (χ1n) is 9.26. The Kier molecular flexibility index (Phi) is 6.05. The second-order valence-corrected chi connectivity index (χ2v) is 8.72. The third kappa shape index (κ3) is 5.08. The number of nitrogens with one attached hydrogen (secondary N) is 1. The van der Waals surface area contributed by atoms with Crippen molar-refractivity contribution in [3.05, 3.63) is 34.1 Å². The van der Waals surface area contributed by atoms with Crippen molar-refractivity contribution in [2.45, 2.75) is 52.2 Å². The number of benzene rings is 1. The molecule has 28 heavy (non-hydrogen) atoms. The summed E-state index contributed by atoms with van der Waals surface area (Å²) in [6.45, 7) is 8.75. The number of ether oxygens (including phenoxy) is 1. The molecule has 7 nitrogen and oxygen atoms in total. The van der Waals surface area contributed by atoms with Crippen molar-refractivity contribution in [2.75, 3.05) is 18.4 Å². The number of rotatable bonds is 3. The smallest absolute Gasteiger partial charge is 0.410 e. The van der Waals surface area contributed by atoms with E-state index in [9.17, 15) is 4.79 Å². The van der Waals surface area contributed by atoms with E-state index in [0.717, 1.165) is 24.4 Å². The summed E-state index contributed by atoms with van der Waals surface area (Å²) < 4.78 is 7.13. The van der Waals surface area contributed by atoms with Crippen molar-refractivity contribution in [1.29, 1.82) is 0 Å². The fourth-order valence-corrected chi connectivity index (χ4v) is 3.54. The molecule has 1 saturated heterocycles. The highest BCUT2D eigenvalue weighted by Crippen LogP contribution is 2.25. The van der Waals surface area contributed by atoms with Crippen molar-refractivity contribution in [3.63, 3.8) is 0 Å². The van der Waals surface area contributed by atoms with Gasteiger partial charge >= 0.3 is 6.09 Å². The van der Waals surface area contributed by atoms with Crippen LogP contribution in [0.3, 0.4) is 0 Å². The summed E-state index contributed by atoms with van der Waals surface area (Å²) in [5.41, 5.74) is 0.243. The van der Waals surface area contributed by atoms with Gasteiger partial charge in [0.25, 0.3) is 0 Å². The molecule has 0 unspecified atom stereocenters. The van der Waals surface area contributed by atoms with Crippen LogP contribution in [-0.4, -0.2) is 50.5 Å². The van der Waals surface area contributed by atoms with Crippen molar-refractivity contribution in [3.8, 4) is 5.69 Å². The van der Waals surface area contributed by atoms with E-state index in [1.807, 2.05) is 33.8 Å². The average molecular weight is 426 g/mol. The fourth-order valence-electron chi connectivity index (χ4n) is 3.05. The van der Waals surface area contributed by atoms with E-state index in [2.05, 4.69) is 15.4 Å². The maximum absolute atomic E-state index is 12.2. The molecule has 1 aliphatic rings. The van der Waals surface area contributed by atoms with Crippen molar-refractivity contribution < 1.29 is 9.53 Å². The van der Waals surface area contributed by atoms with E-state index in [-0.39, 0.29) is 12.1 Å². The van der Waals surface area contributed by atoms with E-state index in [4.69, 9.17) is 27.9 Å². The molecule has 1 aromatic carbocycles. The minimum absolute atomic E-state index is 0.189. The Morgan fingerprint density at radius 1 is 1.25 bits per heavy atom. The molecule has 0 saturated carbocycles. The van der Waals surface area contributed by atoms with Gasteiger partial charge in [-0.25, -0.2) is 9.48 Å². The predicted molar refractivity (Wildman–Crippen MR) is 111 cm³/mol. The van der Waals surface area contributed by atoms with Crippen LogP contribution in [0.15, 0.2) is 18.2 Å². The van der Waals surface area contributed by atoms with E-state index >= 15 is 0 Å². The number of hydrogen-bond donors (Lipinski definition) is 1. The Balaban J connectivity index is 1.61. The van der Waals surface area contributed by atoms with E-state index in [1.165, 1.54) is 0 Å². The van der Waals surface area contributed by atoms with Gasteiger partial charge in [-0.2, -0.15) is 4.98 Å². The summed E-state index contributed by atoms with van der Waals surface area (Å²) in [5, 5.41) is 8.97. The Morgan fingerprint density at radius 2 is 1.93 bits per heavy atom. The SMILES string of the molecule is Cc1nc(NC2CCN(C(=O)OC(C)(C)C)CC2)nn1-c1ccc(Cl)cc1Cl. The molecule has 9 heteroatoms. The molecule has 1 aliphatic heterocycles. The normalized spacial score (nSPS) is 15.6. The molecule has 0 atom stereocenters. The summed E-state index contributed by atoms with van der Waals surface area (Å²) in [6, 6.07) is 5.45. The summed E-state index contributed by atoms with van der Waals surface area (Å²) >= 11 is 12.3. The molecule has 0 bridgehead atoms. The predicted octanol–water partition coefficient (Wildman–Crippen LogP) is 4.69. The van der Waals surface area contributed by atoms with Crippen molar-refractivity contribution >= 4 is 35.2 Å². The number of piperidine rings is 1. The number of likely N-dealkylation sites (tertiary alicyclic amines) is 1. The standard InChI is InChI=1S/C19H25Cl2N5O2/c1-12-22-17(24-26(12)16-6-5-13(20)11-15(16)21)23-14-7-9-25(10-8-14)18(27)28-19(2,3)4/h5-6,11,14H,7-10H2,1-4H3,(H,23,24). The number of aromatic nitrogens is 3. The van der Waals surface area contributed by atoms with Crippen LogP contribution in [0.2, 0.25) is 10.0 Å². The maximum Gasteiger partial charge on any atom is 0.410 e. The highest BCUT2D eigenvalue weighted by atomic mass is 35.5. The lowest BCUT2D eigenvalue weighted by Crippen LogP contribution is -2.44. The zero-order chi connectivity index (χ0) is 20.5. The van der Waals surface area contributed by atoms with Crippen LogP contribution in [0.5, 0.6) is 0 Å². The fraction of sp³-hybridized carbons (Fsp3) is 0.526. The lowest BCUT2D eigenvalue weighted by molar-refractivity contribution is 0.0210. The largest absolute Gasteiger partial charge is 0.444 e. The molecule has 1 amide bonds. The van der Waals surface area contributed by atoms with Crippen LogP contribution in [0.25, 0.3) is 5.69 Å². The number of halogens is 2. The number of aryl methyl sites for hydroxylation is 1. The molecule has 152 valence electrons. The lowest BCUT2D eigenvalue weighted by Gasteiger charge is -2.33. The van der Waals surface area contributed by atoms with Crippen LogP contribution in [0.1, 0.15) is 39.4 Å². The summed E-state index contributed by atoms with van der Waals surface area (Å²) in [6.07, 6.45) is 1.34. The van der Waals surface area contributed by atoms with Crippen LogP contribution >= 0.6 is 23.2 Å². The quantitative estimate of drug-likeness (QED) is 0.771. The zero-order valence-corrected chi connectivity index (χ0v) is 18.0. The first-order chi connectivity index (χ1) is 13.1. The number of carbonyl (C=O) groups excluding carboxylic acids is 1. The van der Waals surface area contributed by atoms with Gasteiger partial charge in [-0.05, 0) is 58.7 Å². The second kappa shape index (κ2) is 8.17. The number of carbonyl (C=O) groups is 1. The number of anilines is 1. The first kappa shape index (κ1) is 20.7. The van der Waals surface area contributed by atoms with Gasteiger partial charge in [-0.3, -0.25) is 0 Å². The van der Waals surface area contributed by atoms with Crippen LogP contribution in [0, 0.1) is 6.92 Å². The van der Waals surface area contributed by atoms with Gasteiger partial charge in [0.1, 0.15) is 11.4 Å². The summed E-state index contributed by atoms with van der Waals surface area (Å²) in [4.78, 5) is 18.4. The highest BCUT2D eigenvalue weighted by molar-refractivity contribution is 6.35. The Labute approximate surface area is 175 Å². The molecule has 1 aromatic heterocycles. The van der Waals surface area contributed by atoms with Crippen LogP contribution in [-0.2, 0) is 4.74 Å². The molecule has 1 N–H and O–H groups in total. The zero-order valence-electron chi connectivity index (χ0n) is 16.5. The van der Waals surface area contributed by atoms with Gasteiger partial charge in [-0.1, -0.05) is 23.2 Å². The Bertz CT molecular complexity index is 854. The minimum atomic E-state index is -0.483. The molecule has 2 heterocycles. The monoisotopic (exact) mass is 425 g/mol. The van der Waals surface area contributed by atoms with Crippen LogP contribution < -0.4 is 5.32 Å². The topological polar surface area (TPSA) is 72.3 Å². The first-order valence-corrected chi connectivity index (χ1v) is 10.0. The molecule has 3 rings (SSSR count). The van der Waals surface area contributed by atoms with E-state index in [1.54, 1.807) is 21.7 Å². The van der Waals surface area contributed by atoms with Gasteiger partial charge in [0.05, 0.1) is 10.7 Å². The lowest BCUT2D eigenvalue weighted by atomic mass is 10.1. The number of hydrogen-bond acceptors (Lipinski definition) is 5. The number of amides is 1. The molecule has 0 aliphatic carbocycles. The maximum atomic E-state index is 12.2. The van der Waals surface area contributed by atoms with E-state index < -0.39 is 5.60 Å². The minimum Gasteiger partial charge on any atom is -0.444 e. The van der Waals surface area contributed by atoms with E-state index in [0.29, 0.717) is 29.1 Å². The molecule has 0 radical (unpaired) electrons.